The molecule has 0 aromatic rings. The molecule has 0 rings (SSSR count). The zero-order valence-corrected chi connectivity index (χ0v) is 13.2. The Morgan fingerprint density at radius 1 is 0.850 bits per heavy atom. The molecule has 0 aliphatic carbocycles. The zero-order chi connectivity index (χ0) is 15.1. The predicted octanol–water partition coefficient (Wildman–Crippen LogP) is 3.45. The lowest BCUT2D eigenvalue weighted by atomic mass is 10.1. The Hall–Kier alpha value is -0.810. The minimum Gasteiger partial charge on any atom is -0.275 e. The number of amides is 2. The van der Waals surface area contributed by atoms with Crippen molar-refractivity contribution in [1.82, 2.24) is 10.4 Å². The van der Waals surface area contributed by atoms with Crippen LogP contribution in [0.3, 0.4) is 0 Å². The van der Waals surface area contributed by atoms with E-state index >= 15 is 0 Å². The molecule has 0 atom stereocenters. The van der Waals surface area contributed by atoms with Gasteiger partial charge in [0.1, 0.15) is 0 Å². The molecule has 120 valence electrons. The maximum Gasteiger partial charge on any atom is 0.345 e. The second kappa shape index (κ2) is 14.6. The Labute approximate surface area is 124 Å². The highest BCUT2D eigenvalue weighted by Gasteiger charge is 2.05. The first-order valence-corrected chi connectivity index (χ1v) is 8.25. The maximum atomic E-state index is 11.0. The van der Waals surface area contributed by atoms with Crippen molar-refractivity contribution in [3.63, 3.8) is 0 Å². The summed E-state index contributed by atoms with van der Waals surface area (Å²) >= 11 is 0. The number of unbranched alkanes of at least 4 members (excludes halogenated alkanes) is 11. The average Bonchev–Trinajstić information content (AvgIpc) is 2.47. The Morgan fingerprint density at radius 2 is 1.25 bits per heavy atom. The first-order chi connectivity index (χ1) is 9.72. The molecular formula is C15H34N4O. The smallest absolute Gasteiger partial charge is 0.275 e. The van der Waals surface area contributed by atoms with Crippen molar-refractivity contribution in [2.75, 3.05) is 6.54 Å². The Bertz CT molecular complexity index is 224. The molecule has 0 spiro atoms. The van der Waals surface area contributed by atoms with Gasteiger partial charge in [0.2, 0.25) is 0 Å². The van der Waals surface area contributed by atoms with Gasteiger partial charge in [0, 0.05) is 6.54 Å². The van der Waals surface area contributed by atoms with E-state index in [2.05, 4.69) is 6.92 Å². The van der Waals surface area contributed by atoms with Crippen LogP contribution in [-0.4, -0.2) is 17.6 Å². The maximum absolute atomic E-state index is 11.0. The highest BCUT2D eigenvalue weighted by molar-refractivity contribution is 5.72. The second-order valence-electron chi connectivity index (χ2n) is 5.53. The molecule has 5 nitrogen and oxygen atoms in total. The summed E-state index contributed by atoms with van der Waals surface area (Å²) in [5.74, 6) is 10.5. The Morgan fingerprint density at radius 3 is 1.65 bits per heavy atom. The largest absolute Gasteiger partial charge is 0.345 e. The Balaban J connectivity index is 3.11. The van der Waals surface area contributed by atoms with Gasteiger partial charge >= 0.3 is 6.03 Å². The molecule has 0 unspecified atom stereocenters. The molecule has 0 aliphatic rings. The molecule has 0 saturated carbocycles. The van der Waals surface area contributed by atoms with Gasteiger partial charge in [-0.25, -0.2) is 16.5 Å². The van der Waals surface area contributed by atoms with E-state index in [4.69, 9.17) is 11.7 Å². The fraction of sp³-hybridized carbons (Fsp3) is 0.933. The van der Waals surface area contributed by atoms with E-state index < -0.39 is 6.03 Å². The number of hydrogen-bond donors (Lipinski definition) is 3. The molecule has 0 aliphatic heterocycles. The van der Waals surface area contributed by atoms with Gasteiger partial charge in [0.15, 0.2) is 0 Å². The van der Waals surface area contributed by atoms with E-state index in [9.17, 15) is 4.79 Å². The number of hydrogen-bond acceptors (Lipinski definition) is 3. The molecule has 0 aromatic carbocycles. The van der Waals surface area contributed by atoms with Gasteiger partial charge in [0.05, 0.1) is 0 Å². The number of rotatable bonds is 13. The van der Waals surface area contributed by atoms with Gasteiger partial charge in [-0.05, 0) is 6.42 Å². The van der Waals surface area contributed by atoms with Crippen molar-refractivity contribution in [2.24, 2.45) is 11.7 Å². The topological polar surface area (TPSA) is 84.4 Å². The minimum atomic E-state index is -0.423. The fourth-order valence-corrected chi connectivity index (χ4v) is 2.31. The van der Waals surface area contributed by atoms with Crippen molar-refractivity contribution in [1.29, 1.82) is 0 Å². The minimum absolute atomic E-state index is 0.423. The molecule has 0 fully saturated rings. The van der Waals surface area contributed by atoms with Crippen LogP contribution in [0, 0.1) is 0 Å². The normalized spacial score (nSPS) is 10.6. The number of urea groups is 1. The number of nitrogens with one attached hydrogen (secondary N) is 1. The lowest BCUT2D eigenvalue weighted by Crippen LogP contribution is -2.47. The first-order valence-electron chi connectivity index (χ1n) is 8.25. The van der Waals surface area contributed by atoms with E-state index in [0.717, 1.165) is 17.9 Å². The van der Waals surface area contributed by atoms with Gasteiger partial charge in [-0.3, -0.25) is 10.4 Å². The van der Waals surface area contributed by atoms with Crippen molar-refractivity contribution in [3.8, 4) is 0 Å². The standard InChI is InChI=1S/C15H34N4O/c1-2-3-4-5-6-7-8-9-10-11-12-13-14-19(17)15(20)18-16/h2-14,16-17H2,1H3,(H,18,20). The molecule has 0 saturated heterocycles. The molecule has 0 bridgehead atoms. The van der Waals surface area contributed by atoms with E-state index in [1.54, 1.807) is 0 Å². The number of hydrazine groups is 2. The third-order valence-corrected chi connectivity index (χ3v) is 3.64. The molecule has 20 heavy (non-hydrogen) atoms. The summed E-state index contributed by atoms with van der Waals surface area (Å²) in [6.07, 6.45) is 15.6. The summed E-state index contributed by atoms with van der Waals surface area (Å²) in [5.41, 5.74) is 2.02. The molecule has 2 amide bonds. The van der Waals surface area contributed by atoms with Crippen LogP contribution in [0.25, 0.3) is 0 Å². The van der Waals surface area contributed by atoms with Crippen molar-refractivity contribution in [3.05, 3.63) is 0 Å². The lowest BCUT2D eigenvalue weighted by molar-refractivity contribution is 0.198. The molecule has 0 aromatic heterocycles. The second-order valence-corrected chi connectivity index (χ2v) is 5.53. The summed E-state index contributed by atoms with van der Waals surface area (Å²) in [6, 6.07) is -0.423. The molecule has 5 heteroatoms. The van der Waals surface area contributed by atoms with Gasteiger partial charge in [0.25, 0.3) is 0 Å². The summed E-state index contributed by atoms with van der Waals surface area (Å²) in [5, 5.41) is 1.14. The third kappa shape index (κ3) is 12.2. The molecule has 5 N–H and O–H groups in total. The monoisotopic (exact) mass is 286 g/mol. The molecular weight excluding hydrogens is 252 g/mol. The van der Waals surface area contributed by atoms with Gasteiger partial charge in [-0.15, -0.1) is 0 Å². The van der Waals surface area contributed by atoms with Crippen LogP contribution in [0.5, 0.6) is 0 Å². The van der Waals surface area contributed by atoms with E-state index in [0.29, 0.717) is 6.54 Å². The van der Waals surface area contributed by atoms with Crippen molar-refractivity contribution >= 4 is 6.03 Å². The third-order valence-electron chi connectivity index (χ3n) is 3.64. The highest BCUT2D eigenvalue weighted by atomic mass is 16.2. The lowest BCUT2D eigenvalue weighted by Gasteiger charge is -2.15. The van der Waals surface area contributed by atoms with Crippen molar-refractivity contribution in [2.45, 2.75) is 84.0 Å². The SMILES string of the molecule is CCCCCCCCCCCCCCN(N)C(=O)NN. The molecule has 0 radical (unpaired) electrons. The number of nitrogens with zero attached hydrogens (tertiary/aromatic N) is 1. The quantitative estimate of drug-likeness (QED) is 0.210. The van der Waals surface area contributed by atoms with Crippen LogP contribution >= 0.6 is 0 Å². The number of nitrogens with two attached hydrogens (primary N) is 2. The van der Waals surface area contributed by atoms with Crippen LogP contribution in [-0.2, 0) is 0 Å². The average molecular weight is 286 g/mol. The van der Waals surface area contributed by atoms with E-state index in [1.807, 2.05) is 5.43 Å². The van der Waals surface area contributed by atoms with Gasteiger partial charge in [-0.2, -0.15) is 0 Å². The number of carbonyl (C=O) groups excluding carboxylic acids is 1. The van der Waals surface area contributed by atoms with E-state index in [1.165, 1.54) is 64.2 Å². The highest BCUT2D eigenvalue weighted by Crippen LogP contribution is 2.11. The summed E-state index contributed by atoms with van der Waals surface area (Å²) in [6.45, 7) is 2.83. The zero-order valence-electron chi connectivity index (χ0n) is 13.2. The van der Waals surface area contributed by atoms with E-state index in [-0.39, 0.29) is 0 Å². The van der Waals surface area contributed by atoms with Crippen molar-refractivity contribution < 1.29 is 4.79 Å². The van der Waals surface area contributed by atoms with Crippen LogP contribution < -0.4 is 17.1 Å². The first kappa shape index (κ1) is 19.2. The summed E-state index contributed by atoms with van der Waals surface area (Å²) in [4.78, 5) is 11.0. The molecule has 0 heterocycles. The predicted molar refractivity (Wildman–Crippen MR) is 84.7 cm³/mol. The van der Waals surface area contributed by atoms with Gasteiger partial charge < -0.3 is 0 Å². The van der Waals surface area contributed by atoms with Crippen LogP contribution in [0.2, 0.25) is 0 Å². The fourth-order valence-electron chi connectivity index (χ4n) is 2.31. The van der Waals surface area contributed by atoms with Gasteiger partial charge in [-0.1, -0.05) is 77.6 Å². The van der Waals surface area contributed by atoms with Crippen LogP contribution in [0.1, 0.15) is 84.0 Å². The Kier molecular flexibility index (Phi) is 14.0. The summed E-state index contributed by atoms with van der Waals surface area (Å²) in [7, 11) is 0. The summed E-state index contributed by atoms with van der Waals surface area (Å²) < 4.78 is 0. The van der Waals surface area contributed by atoms with Crippen LogP contribution in [0.15, 0.2) is 0 Å². The van der Waals surface area contributed by atoms with Crippen LogP contribution in [0.4, 0.5) is 4.79 Å². The number of carbonyl (C=O) groups is 1.